The van der Waals surface area contributed by atoms with Crippen LogP contribution in [0.5, 0.6) is 0 Å². The van der Waals surface area contributed by atoms with Crippen LogP contribution in [0.15, 0.2) is 30.5 Å². The highest BCUT2D eigenvalue weighted by Gasteiger charge is 2.50. The molecule has 1 aromatic heterocycles. The molecule has 31 heavy (non-hydrogen) atoms. The van der Waals surface area contributed by atoms with Gasteiger partial charge in [-0.3, -0.25) is 5.32 Å². The molecule has 2 fully saturated rings. The molecule has 0 radical (unpaired) electrons. The van der Waals surface area contributed by atoms with Crippen LogP contribution in [0.3, 0.4) is 0 Å². The number of hydrogen-bond acceptors (Lipinski definition) is 8. The summed E-state index contributed by atoms with van der Waals surface area (Å²) in [6.07, 6.45) is -0.417. The third-order valence-electron chi connectivity index (χ3n) is 5.48. The molecule has 166 valence electrons. The second-order valence-electron chi connectivity index (χ2n) is 8.63. The lowest BCUT2D eigenvalue weighted by Crippen LogP contribution is -2.34. The average molecular weight is 430 g/mol. The Bertz CT molecular complexity index is 952. The van der Waals surface area contributed by atoms with E-state index < -0.39 is 24.3 Å². The highest BCUT2D eigenvalue weighted by molar-refractivity contribution is 5.86. The average Bonchev–Trinajstić information content (AvgIpc) is 3.44. The summed E-state index contributed by atoms with van der Waals surface area (Å²) in [5.41, 5.74) is 1.96. The summed E-state index contributed by atoms with van der Waals surface area (Å²) >= 11 is 0. The third-order valence-corrected chi connectivity index (χ3v) is 5.48. The van der Waals surface area contributed by atoms with Crippen LogP contribution < -0.4 is 5.32 Å². The summed E-state index contributed by atoms with van der Waals surface area (Å²) in [5.74, 6) is -0.567. The van der Waals surface area contributed by atoms with Gasteiger partial charge in [0.1, 0.15) is 18.2 Å². The molecule has 2 saturated heterocycles. The van der Waals surface area contributed by atoms with Gasteiger partial charge in [0.2, 0.25) is 0 Å². The molecular weight excluding hydrogens is 404 g/mol. The lowest BCUT2D eigenvalue weighted by atomic mass is 9.87. The highest BCUT2D eigenvalue weighted by atomic mass is 16.6. The molecule has 0 aliphatic carbocycles. The number of benzene rings is 1. The minimum atomic E-state index is -0.571. The van der Waals surface area contributed by atoms with E-state index in [9.17, 15) is 9.59 Å². The molecule has 1 N–H and O–H groups in total. The molecule has 4 atom stereocenters. The van der Waals surface area contributed by atoms with Crippen molar-refractivity contribution in [1.29, 1.82) is 0 Å². The summed E-state index contributed by atoms with van der Waals surface area (Å²) in [6, 6.07) is 7.38. The number of carbonyl (C=O) groups excluding carboxylic acids is 2. The van der Waals surface area contributed by atoms with Crippen LogP contribution in [0.4, 0.5) is 10.5 Å². The van der Waals surface area contributed by atoms with Crippen LogP contribution in [0.1, 0.15) is 42.9 Å². The number of ether oxygens (including phenoxy) is 4. The molecule has 4 rings (SSSR count). The van der Waals surface area contributed by atoms with Gasteiger partial charge in [-0.05, 0) is 23.1 Å². The van der Waals surface area contributed by atoms with Gasteiger partial charge in [-0.25, -0.2) is 14.3 Å². The van der Waals surface area contributed by atoms with E-state index >= 15 is 0 Å². The molecule has 1 aromatic carbocycles. The maximum atomic E-state index is 12.4. The van der Waals surface area contributed by atoms with E-state index in [1.54, 1.807) is 0 Å². The van der Waals surface area contributed by atoms with Crippen molar-refractivity contribution in [3.63, 3.8) is 0 Å². The molecule has 2 aromatic rings. The Morgan fingerprint density at radius 1 is 1.13 bits per heavy atom. The van der Waals surface area contributed by atoms with Crippen LogP contribution >= 0.6 is 0 Å². The Hall–Kier alpha value is -2.98. The fourth-order valence-electron chi connectivity index (χ4n) is 3.75. The number of amides is 1. The van der Waals surface area contributed by atoms with Crippen molar-refractivity contribution in [2.24, 2.45) is 0 Å². The molecule has 0 spiro atoms. The monoisotopic (exact) mass is 430 g/mol. The zero-order valence-electron chi connectivity index (χ0n) is 17.9. The van der Waals surface area contributed by atoms with Crippen LogP contribution in [0.2, 0.25) is 0 Å². The highest BCUT2D eigenvalue weighted by Crippen LogP contribution is 2.35. The Labute approximate surface area is 179 Å². The zero-order valence-corrected chi connectivity index (χ0v) is 17.9. The second kappa shape index (κ2) is 8.27. The van der Waals surface area contributed by atoms with Crippen molar-refractivity contribution in [1.82, 2.24) is 15.0 Å². The Kier molecular flexibility index (Phi) is 5.67. The maximum absolute atomic E-state index is 12.4. The predicted molar refractivity (Wildman–Crippen MR) is 109 cm³/mol. The fraction of sp³-hybridized carbons (Fsp3) is 0.524. The van der Waals surface area contributed by atoms with E-state index in [4.69, 9.17) is 14.2 Å². The van der Waals surface area contributed by atoms with Gasteiger partial charge in [-0.2, -0.15) is 0 Å². The van der Waals surface area contributed by atoms with E-state index in [-0.39, 0.29) is 29.9 Å². The standard InChI is InChI=1S/C21H26N4O6/c1-21(2,3)12-5-7-13(8-6-12)22-20(27)31-16-11-30-17-15(10-29-18(16)17)25-9-14(23-24-25)19(26)28-4/h5-9,15-18H,10-11H2,1-4H3,(H,22,27)/t15-,16-,17-,18+/m0/s1. The minimum absolute atomic E-state index is 0.0350. The number of fused-ring (bicyclic) bond motifs is 1. The predicted octanol–water partition coefficient (Wildman–Crippen LogP) is 2.32. The van der Waals surface area contributed by atoms with Crippen LogP contribution in [-0.4, -0.2) is 65.7 Å². The number of methoxy groups -OCH3 is 1. The number of anilines is 1. The SMILES string of the molecule is COC(=O)c1cn([C@H]2CO[C@H]3[C@H]2OC[C@@H]3OC(=O)Nc2ccc(C(C)(C)C)cc2)nn1. The van der Waals surface area contributed by atoms with Crippen molar-refractivity contribution >= 4 is 17.7 Å². The van der Waals surface area contributed by atoms with Crippen molar-refractivity contribution in [3.8, 4) is 0 Å². The number of rotatable bonds is 4. The smallest absolute Gasteiger partial charge is 0.412 e. The van der Waals surface area contributed by atoms with Crippen LogP contribution in [0.25, 0.3) is 0 Å². The first-order valence-electron chi connectivity index (χ1n) is 10.1. The van der Waals surface area contributed by atoms with Crippen LogP contribution in [0, 0.1) is 0 Å². The Morgan fingerprint density at radius 3 is 2.52 bits per heavy atom. The lowest BCUT2D eigenvalue weighted by Gasteiger charge is -2.20. The summed E-state index contributed by atoms with van der Waals surface area (Å²) < 4.78 is 23.4. The van der Waals surface area contributed by atoms with Gasteiger partial charge in [0.05, 0.1) is 26.5 Å². The first kappa shape index (κ1) is 21.3. The number of hydrogen-bond donors (Lipinski definition) is 1. The first-order valence-corrected chi connectivity index (χ1v) is 10.1. The molecule has 0 unspecified atom stereocenters. The molecular formula is C21H26N4O6. The van der Waals surface area contributed by atoms with Crippen molar-refractivity contribution < 1.29 is 28.5 Å². The Balaban J connectivity index is 1.34. The first-order chi connectivity index (χ1) is 14.8. The number of aromatic nitrogens is 3. The van der Waals surface area contributed by atoms with Gasteiger partial charge in [-0.15, -0.1) is 5.10 Å². The molecule has 10 nitrogen and oxygen atoms in total. The van der Waals surface area contributed by atoms with E-state index in [0.717, 1.165) is 0 Å². The van der Waals surface area contributed by atoms with E-state index in [1.807, 2.05) is 24.3 Å². The molecule has 0 bridgehead atoms. The maximum Gasteiger partial charge on any atom is 0.412 e. The summed E-state index contributed by atoms with van der Waals surface area (Å²) in [5, 5.41) is 10.5. The van der Waals surface area contributed by atoms with Gasteiger partial charge >= 0.3 is 12.1 Å². The van der Waals surface area contributed by atoms with Crippen molar-refractivity contribution in [2.45, 2.75) is 50.5 Å². The summed E-state index contributed by atoms with van der Waals surface area (Å²) in [4.78, 5) is 24.0. The second-order valence-corrected chi connectivity index (χ2v) is 8.63. The van der Waals surface area contributed by atoms with Gasteiger partial charge in [0.25, 0.3) is 0 Å². The largest absolute Gasteiger partial charge is 0.464 e. The van der Waals surface area contributed by atoms with Crippen molar-refractivity contribution in [2.75, 3.05) is 25.6 Å². The van der Waals surface area contributed by atoms with Crippen molar-refractivity contribution in [3.05, 3.63) is 41.7 Å². The molecule has 2 aliphatic rings. The molecule has 0 saturated carbocycles. The van der Waals surface area contributed by atoms with Gasteiger partial charge in [-0.1, -0.05) is 38.1 Å². The van der Waals surface area contributed by atoms with Gasteiger partial charge < -0.3 is 18.9 Å². The summed E-state index contributed by atoms with van der Waals surface area (Å²) in [7, 11) is 1.28. The number of nitrogens with one attached hydrogen (secondary N) is 1. The van der Waals surface area contributed by atoms with Gasteiger partial charge in [0, 0.05) is 5.69 Å². The van der Waals surface area contributed by atoms with E-state index in [1.165, 1.54) is 23.6 Å². The quantitative estimate of drug-likeness (QED) is 0.735. The van der Waals surface area contributed by atoms with Gasteiger partial charge in [0.15, 0.2) is 11.8 Å². The number of carbonyl (C=O) groups is 2. The topological polar surface area (TPSA) is 114 Å². The molecule has 1 amide bonds. The minimum Gasteiger partial charge on any atom is -0.464 e. The third kappa shape index (κ3) is 4.40. The molecule has 2 aliphatic heterocycles. The van der Waals surface area contributed by atoms with E-state index in [2.05, 4.69) is 41.1 Å². The number of esters is 1. The molecule has 10 heteroatoms. The fourth-order valence-corrected chi connectivity index (χ4v) is 3.75. The number of nitrogens with zero attached hydrogens (tertiary/aromatic N) is 3. The van der Waals surface area contributed by atoms with Crippen LogP contribution in [-0.2, 0) is 24.4 Å². The Morgan fingerprint density at radius 2 is 1.84 bits per heavy atom. The summed E-state index contributed by atoms with van der Waals surface area (Å²) in [6.45, 7) is 6.90. The normalized spacial score (nSPS) is 25.2. The lowest BCUT2D eigenvalue weighted by molar-refractivity contribution is 0.00770. The molecule has 3 heterocycles. The zero-order chi connectivity index (χ0) is 22.2. The van der Waals surface area contributed by atoms with E-state index in [0.29, 0.717) is 12.3 Å².